The van der Waals surface area contributed by atoms with E-state index >= 15 is 0 Å². The zero-order valence-electron chi connectivity index (χ0n) is 14.2. The lowest BCUT2D eigenvalue weighted by molar-refractivity contribution is -0.128. The van der Waals surface area contributed by atoms with E-state index in [2.05, 4.69) is 10.3 Å². The van der Waals surface area contributed by atoms with Gasteiger partial charge in [0.05, 0.1) is 5.69 Å². The molecular weight excluding hydrogens is 353 g/mol. The third-order valence-corrected chi connectivity index (χ3v) is 4.99. The first-order valence-corrected chi connectivity index (χ1v) is 9.12. The van der Waals surface area contributed by atoms with Gasteiger partial charge < -0.3 is 5.32 Å². The molecule has 1 saturated heterocycles. The summed E-state index contributed by atoms with van der Waals surface area (Å²) in [4.78, 5) is 30.8. The standard InChI is InChI=1S/C19H18FN3O2S/c1-2-23-18(25)16(12-17(24)21-14-6-4-3-5-7-14)26-19(23)22-15-10-8-13(20)9-11-15/h3-11,16H,2,12H2,1H3,(H,21,24)/t16-/m1/s1. The van der Waals surface area contributed by atoms with E-state index < -0.39 is 5.25 Å². The molecule has 0 bridgehead atoms. The number of para-hydroxylation sites is 1. The largest absolute Gasteiger partial charge is 0.326 e. The molecule has 26 heavy (non-hydrogen) atoms. The van der Waals surface area contributed by atoms with Gasteiger partial charge in [0.1, 0.15) is 11.1 Å². The van der Waals surface area contributed by atoms with Crippen molar-refractivity contribution in [1.82, 2.24) is 4.90 Å². The predicted molar refractivity (Wildman–Crippen MR) is 102 cm³/mol. The Morgan fingerprint density at radius 3 is 2.54 bits per heavy atom. The molecule has 1 atom stereocenters. The van der Waals surface area contributed by atoms with Crippen LogP contribution in [0.15, 0.2) is 59.6 Å². The third kappa shape index (κ3) is 4.29. The molecule has 2 aromatic carbocycles. The van der Waals surface area contributed by atoms with E-state index in [4.69, 9.17) is 0 Å². The minimum absolute atomic E-state index is 0.0668. The van der Waals surface area contributed by atoms with Gasteiger partial charge in [0.15, 0.2) is 5.17 Å². The molecule has 1 aliphatic rings. The Labute approximate surface area is 155 Å². The summed E-state index contributed by atoms with van der Waals surface area (Å²) in [7, 11) is 0. The van der Waals surface area contributed by atoms with Gasteiger partial charge in [-0.05, 0) is 43.3 Å². The van der Waals surface area contributed by atoms with Crippen molar-refractivity contribution in [1.29, 1.82) is 0 Å². The van der Waals surface area contributed by atoms with Crippen LogP contribution in [0.5, 0.6) is 0 Å². The third-order valence-electron chi connectivity index (χ3n) is 3.82. The molecule has 0 saturated carbocycles. The van der Waals surface area contributed by atoms with Crippen molar-refractivity contribution < 1.29 is 14.0 Å². The van der Waals surface area contributed by atoms with Gasteiger partial charge in [-0.25, -0.2) is 9.38 Å². The summed E-state index contributed by atoms with van der Waals surface area (Å²) in [6.07, 6.45) is 0.0668. The highest BCUT2D eigenvalue weighted by Gasteiger charge is 2.38. The SMILES string of the molecule is CCN1C(=O)[C@@H](CC(=O)Nc2ccccc2)SC1=Nc1ccc(F)cc1. The molecule has 1 aliphatic heterocycles. The van der Waals surface area contributed by atoms with Crippen molar-refractivity contribution >= 4 is 40.1 Å². The monoisotopic (exact) mass is 371 g/mol. The molecule has 2 amide bonds. The second kappa shape index (κ2) is 8.14. The Bertz CT molecular complexity index is 824. The van der Waals surface area contributed by atoms with Crippen LogP contribution in [0.1, 0.15) is 13.3 Å². The first-order chi connectivity index (χ1) is 12.6. The smallest absolute Gasteiger partial charge is 0.242 e. The van der Waals surface area contributed by atoms with Gasteiger partial charge in [0, 0.05) is 18.7 Å². The number of anilines is 1. The van der Waals surface area contributed by atoms with E-state index in [0.717, 1.165) is 0 Å². The van der Waals surface area contributed by atoms with Crippen LogP contribution in [0.4, 0.5) is 15.8 Å². The van der Waals surface area contributed by atoms with Gasteiger partial charge in [0.25, 0.3) is 0 Å². The number of halogens is 1. The van der Waals surface area contributed by atoms with Crippen molar-refractivity contribution in [2.24, 2.45) is 4.99 Å². The average Bonchev–Trinajstić information content (AvgIpc) is 2.92. The van der Waals surface area contributed by atoms with E-state index in [9.17, 15) is 14.0 Å². The van der Waals surface area contributed by atoms with Gasteiger partial charge >= 0.3 is 0 Å². The highest BCUT2D eigenvalue weighted by molar-refractivity contribution is 8.15. The molecule has 5 nitrogen and oxygen atoms in total. The molecule has 0 aliphatic carbocycles. The predicted octanol–water partition coefficient (Wildman–Crippen LogP) is 3.81. The van der Waals surface area contributed by atoms with E-state index in [1.54, 1.807) is 29.2 Å². The number of thioether (sulfide) groups is 1. The molecule has 0 aromatic heterocycles. The Hall–Kier alpha value is -2.67. The van der Waals surface area contributed by atoms with Gasteiger partial charge in [-0.3, -0.25) is 14.5 Å². The van der Waals surface area contributed by atoms with Crippen molar-refractivity contribution in [3.05, 3.63) is 60.4 Å². The maximum absolute atomic E-state index is 13.0. The summed E-state index contributed by atoms with van der Waals surface area (Å²) in [6, 6.07) is 14.9. The summed E-state index contributed by atoms with van der Waals surface area (Å²) in [5.41, 5.74) is 1.26. The first kappa shape index (κ1) is 18.1. The van der Waals surface area contributed by atoms with Crippen LogP contribution < -0.4 is 5.32 Å². The van der Waals surface area contributed by atoms with Crippen molar-refractivity contribution in [3.8, 4) is 0 Å². The van der Waals surface area contributed by atoms with Gasteiger partial charge in [-0.2, -0.15) is 0 Å². The highest BCUT2D eigenvalue weighted by atomic mass is 32.2. The fourth-order valence-corrected chi connectivity index (χ4v) is 3.77. The molecular formula is C19H18FN3O2S. The first-order valence-electron chi connectivity index (χ1n) is 8.24. The molecule has 1 heterocycles. The van der Waals surface area contributed by atoms with Crippen LogP contribution in [-0.2, 0) is 9.59 Å². The summed E-state index contributed by atoms with van der Waals surface area (Å²) in [5, 5.41) is 2.80. The highest BCUT2D eigenvalue weighted by Crippen LogP contribution is 2.31. The number of rotatable bonds is 5. The molecule has 0 spiro atoms. The zero-order valence-corrected chi connectivity index (χ0v) is 15.0. The van der Waals surface area contributed by atoms with Crippen LogP contribution >= 0.6 is 11.8 Å². The minimum Gasteiger partial charge on any atom is -0.326 e. The Morgan fingerprint density at radius 2 is 1.88 bits per heavy atom. The van der Waals surface area contributed by atoms with Crippen LogP contribution in [0.25, 0.3) is 0 Å². The van der Waals surface area contributed by atoms with Gasteiger partial charge in [0.2, 0.25) is 11.8 Å². The number of carbonyl (C=O) groups is 2. The number of amidine groups is 1. The minimum atomic E-state index is -0.516. The Morgan fingerprint density at radius 1 is 1.19 bits per heavy atom. The maximum Gasteiger partial charge on any atom is 0.242 e. The van der Waals surface area contributed by atoms with Crippen LogP contribution in [0.3, 0.4) is 0 Å². The van der Waals surface area contributed by atoms with Gasteiger partial charge in [-0.1, -0.05) is 30.0 Å². The number of hydrogen-bond acceptors (Lipinski definition) is 4. The van der Waals surface area contributed by atoms with E-state index in [0.29, 0.717) is 23.1 Å². The summed E-state index contributed by atoms with van der Waals surface area (Å²) in [5.74, 6) is -0.699. The molecule has 2 aromatic rings. The molecule has 0 radical (unpaired) electrons. The molecule has 0 unspecified atom stereocenters. The fraction of sp³-hybridized carbons (Fsp3) is 0.211. The van der Waals surface area contributed by atoms with Crippen LogP contribution in [0, 0.1) is 5.82 Å². The average molecular weight is 371 g/mol. The number of carbonyl (C=O) groups excluding carboxylic acids is 2. The van der Waals surface area contributed by atoms with E-state index in [1.165, 1.54) is 23.9 Å². The number of amides is 2. The second-order valence-electron chi connectivity index (χ2n) is 5.68. The lowest BCUT2D eigenvalue weighted by atomic mass is 10.2. The molecule has 1 fully saturated rings. The van der Waals surface area contributed by atoms with E-state index in [1.807, 2.05) is 25.1 Å². The van der Waals surface area contributed by atoms with Gasteiger partial charge in [-0.15, -0.1) is 0 Å². The summed E-state index contributed by atoms with van der Waals surface area (Å²) in [6.45, 7) is 2.31. The number of aliphatic imine (C=N–C) groups is 1. The van der Waals surface area contributed by atoms with Crippen LogP contribution in [0.2, 0.25) is 0 Å². The van der Waals surface area contributed by atoms with Crippen molar-refractivity contribution in [3.63, 3.8) is 0 Å². The second-order valence-corrected chi connectivity index (χ2v) is 6.85. The summed E-state index contributed by atoms with van der Waals surface area (Å²) < 4.78 is 13.0. The lowest BCUT2D eigenvalue weighted by Crippen LogP contribution is -2.33. The Balaban J connectivity index is 1.70. The number of nitrogens with zero attached hydrogens (tertiary/aromatic N) is 2. The molecule has 3 rings (SSSR count). The number of nitrogens with one attached hydrogen (secondary N) is 1. The van der Waals surface area contributed by atoms with Crippen LogP contribution in [-0.4, -0.2) is 33.7 Å². The zero-order chi connectivity index (χ0) is 18.5. The molecule has 134 valence electrons. The van der Waals surface area contributed by atoms with Crippen molar-refractivity contribution in [2.75, 3.05) is 11.9 Å². The number of hydrogen-bond donors (Lipinski definition) is 1. The number of benzene rings is 2. The van der Waals surface area contributed by atoms with E-state index in [-0.39, 0.29) is 24.1 Å². The fourth-order valence-electron chi connectivity index (χ4n) is 2.54. The topological polar surface area (TPSA) is 61.8 Å². The molecule has 7 heteroatoms. The maximum atomic E-state index is 13.0. The lowest BCUT2D eigenvalue weighted by Gasteiger charge is -2.13. The normalized spacial score (nSPS) is 18.4. The van der Waals surface area contributed by atoms with Crippen molar-refractivity contribution in [2.45, 2.75) is 18.6 Å². The quantitative estimate of drug-likeness (QED) is 0.869. The molecule has 1 N–H and O–H groups in total. The Kier molecular flexibility index (Phi) is 5.68. The summed E-state index contributed by atoms with van der Waals surface area (Å²) >= 11 is 1.26.